The molecule has 92 valence electrons. The first kappa shape index (κ1) is 11.9. The van der Waals surface area contributed by atoms with Crippen LogP contribution in [0, 0.1) is 12.8 Å². The maximum Gasteiger partial charge on any atom is 0.323 e. The summed E-state index contributed by atoms with van der Waals surface area (Å²) in [4.78, 5) is 18.0. The number of pyridine rings is 1. The predicted molar refractivity (Wildman–Crippen MR) is 68.0 cm³/mol. The van der Waals surface area contributed by atoms with Gasteiger partial charge in [-0.3, -0.25) is 5.32 Å². The Morgan fingerprint density at radius 2 is 2.41 bits per heavy atom. The molecule has 0 aliphatic carbocycles. The molecule has 0 bridgehead atoms. The van der Waals surface area contributed by atoms with Gasteiger partial charge in [0.05, 0.1) is 0 Å². The molecule has 4 heteroatoms. The molecule has 0 aromatic carbocycles. The van der Waals surface area contributed by atoms with Crippen LogP contribution in [0.5, 0.6) is 0 Å². The van der Waals surface area contributed by atoms with Crippen LogP contribution in [0.25, 0.3) is 0 Å². The maximum absolute atomic E-state index is 12.0. The Labute approximate surface area is 102 Å². The lowest BCUT2D eigenvalue weighted by Gasteiger charge is -2.30. The van der Waals surface area contributed by atoms with E-state index in [1.54, 1.807) is 6.20 Å². The highest BCUT2D eigenvalue weighted by Crippen LogP contribution is 2.16. The molecule has 4 nitrogen and oxygen atoms in total. The lowest BCUT2D eigenvalue weighted by Crippen LogP contribution is -2.41. The van der Waals surface area contributed by atoms with Gasteiger partial charge in [0.1, 0.15) is 5.82 Å². The highest BCUT2D eigenvalue weighted by Gasteiger charge is 2.20. The van der Waals surface area contributed by atoms with Gasteiger partial charge < -0.3 is 4.90 Å². The van der Waals surface area contributed by atoms with Crippen LogP contribution in [0.4, 0.5) is 10.6 Å². The number of carbonyl (C=O) groups is 1. The molecular formula is C13H19N3O. The van der Waals surface area contributed by atoms with E-state index >= 15 is 0 Å². The summed E-state index contributed by atoms with van der Waals surface area (Å²) in [5.41, 5.74) is 1.10. The summed E-state index contributed by atoms with van der Waals surface area (Å²) in [6.45, 7) is 5.87. The maximum atomic E-state index is 12.0. The molecule has 1 aromatic rings. The van der Waals surface area contributed by atoms with Crippen molar-refractivity contribution in [2.75, 3.05) is 18.4 Å². The first-order valence-corrected chi connectivity index (χ1v) is 6.14. The van der Waals surface area contributed by atoms with Crippen molar-refractivity contribution in [2.45, 2.75) is 26.7 Å². The first-order valence-electron chi connectivity index (χ1n) is 6.14. The van der Waals surface area contributed by atoms with E-state index in [0.29, 0.717) is 11.7 Å². The Morgan fingerprint density at radius 1 is 1.59 bits per heavy atom. The van der Waals surface area contributed by atoms with Crippen molar-refractivity contribution >= 4 is 11.8 Å². The third-order valence-corrected chi connectivity index (χ3v) is 3.09. The van der Waals surface area contributed by atoms with Crippen LogP contribution in [-0.4, -0.2) is 29.0 Å². The second-order valence-electron chi connectivity index (χ2n) is 4.84. The fourth-order valence-corrected chi connectivity index (χ4v) is 2.17. The van der Waals surface area contributed by atoms with Crippen molar-refractivity contribution < 1.29 is 4.79 Å². The molecule has 2 rings (SSSR count). The SMILES string of the molecule is Cc1ccnc(NC(=O)N2CCCC(C)C2)c1. The average Bonchev–Trinajstić information content (AvgIpc) is 2.29. The standard InChI is InChI=1S/C13H19N3O/c1-10-5-6-14-12(8-10)15-13(17)16-7-3-4-11(2)9-16/h5-6,8,11H,3-4,7,9H2,1-2H3,(H,14,15,17). The van der Waals surface area contributed by atoms with Gasteiger partial charge in [-0.25, -0.2) is 9.78 Å². The zero-order valence-corrected chi connectivity index (χ0v) is 10.4. The molecule has 0 radical (unpaired) electrons. The zero-order valence-electron chi connectivity index (χ0n) is 10.4. The van der Waals surface area contributed by atoms with E-state index in [1.165, 1.54) is 6.42 Å². The quantitative estimate of drug-likeness (QED) is 0.810. The minimum absolute atomic E-state index is 0.0327. The number of urea groups is 1. The van der Waals surface area contributed by atoms with Gasteiger partial charge in [0.25, 0.3) is 0 Å². The Balaban J connectivity index is 1.96. The molecule has 17 heavy (non-hydrogen) atoms. The molecule has 2 heterocycles. The number of hydrogen-bond donors (Lipinski definition) is 1. The summed E-state index contributed by atoms with van der Waals surface area (Å²) in [5, 5.41) is 2.85. The van der Waals surface area contributed by atoms with Gasteiger partial charge in [-0.2, -0.15) is 0 Å². The summed E-state index contributed by atoms with van der Waals surface area (Å²) in [5.74, 6) is 1.23. The number of piperidine rings is 1. The van der Waals surface area contributed by atoms with Gasteiger partial charge in [0, 0.05) is 19.3 Å². The second-order valence-corrected chi connectivity index (χ2v) is 4.84. The Morgan fingerprint density at radius 3 is 3.12 bits per heavy atom. The van der Waals surface area contributed by atoms with E-state index in [9.17, 15) is 4.79 Å². The number of aryl methyl sites for hydroxylation is 1. The summed E-state index contributed by atoms with van der Waals surface area (Å²) in [7, 11) is 0. The molecular weight excluding hydrogens is 214 g/mol. The Bertz CT molecular complexity index is 405. The third kappa shape index (κ3) is 3.19. The van der Waals surface area contributed by atoms with Gasteiger partial charge in [0.15, 0.2) is 0 Å². The van der Waals surface area contributed by atoms with E-state index in [-0.39, 0.29) is 6.03 Å². The molecule has 1 N–H and O–H groups in total. The van der Waals surface area contributed by atoms with Gasteiger partial charge in [-0.15, -0.1) is 0 Å². The molecule has 0 spiro atoms. The molecule has 1 fully saturated rings. The number of hydrogen-bond acceptors (Lipinski definition) is 2. The topological polar surface area (TPSA) is 45.2 Å². The molecule has 1 aliphatic heterocycles. The molecule has 1 atom stereocenters. The van der Waals surface area contributed by atoms with Crippen LogP contribution in [-0.2, 0) is 0 Å². The zero-order chi connectivity index (χ0) is 12.3. The van der Waals surface area contributed by atoms with Gasteiger partial charge >= 0.3 is 6.03 Å². The highest BCUT2D eigenvalue weighted by atomic mass is 16.2. The molecule has 0 saturated carbocycles. The largest absolute Gasteiger partial charge is 0.324 e. The summed E-state index contributed by atoms with van der Waals surface area (Å²) in [6.07, 6.45) is 4.02. The first-order chi connectivity index (χ1) is 8.15. The minimum atomic E-state index is -0.0327. The van der Waals surface area contributed by atoms with Crippen molar-refractivity contribution in [1.82, 2.24) is 9.88 Å². The summed E-state index contributed by atoms with van der Waals surface area (Å²) < 4.78 is 0. The van der Waals surface area contributed by atoms with Gasteiger partial charge in [0.2, 0.25) is 0 Å². The van der Waals surface area contributed by atoms with E-state index in [1.807, 2.05) is 24.0 Å². The average molecular weight is 233 g/mol. The fourth-order valence-electron chi connectivity index (χ4n) is 2.17. The van der Waals surface area contributed by atoms with Gasteiger partial charge in [-0.1, -0.05) is 6.92 Å². The number of amides is 2. The summed E-state index contributed by atoms with van der Waals surface area (Å²) in [6, 6.07) is 3.76. The van der Waals surface area contributed by atoms with E-state index < -0.39 is 0 Å². The third-order valence-electron chi connectivity index (χ3n) is 3.09. The molecule has 1 saturated heterocycles. The van der Waals surface area contributed by atoms with Crippen LogP contribution in [0.3, 0.4) is 0 Å². The molecule has 1 unspecified atom stereocenters. The van der Waals surface area contributed by atoms with Gasteiger partial charge in [-0.05, 0) is 43.4 Å². The Hall–Kier alpha value is -1.58. The van der Waals surface area contributed by atoms with Crippen molar-refractivity contribution in [1.29, 1.82) is 0 Å². The predicted octanol–water partition coefficient (Wildman–Crippen LogP) is 2.65. The van der Waals surface area contributed by atoms with Crippen molar-refractivity contribution in [2.24, 2.45) is 5.92 Å². The monoisotopic (exact) mass is 233 g/mol. The lowest BCUT2D eigenvalue weighted by molar-refractivity contribution is 0.182. The number of rotatable bonds is 1. The lowest BCUT2D eigenvalue weighted by atomic mass is 10.0. The smallest absolute Gasteiger partial charge is 0.323 e. The minimum Gasteiger partial charge on any atom is -0.324 e. The van der Waals surface area contributed by atoms with E-state index in [0.717, 1.165) is 25.1 Å². The van der Waals surface area contributed by atoms with Crippen LogP contribution in [0.2, 0.25) is 0 Å². The van der Waals surface area contributed by atoms with Crippen LogP contribution in [0.1, 0.15) is 25.3 Å². The number of nitrogens with zero attached hydrogens (tertiary/aromatic N) is 2. The van der Waals surface area contributed by atoms with E-state index in [4.69, 9.17) is 0 Å². The van der Waals surface area contributed by atoms with Crippen LogP contribution in [0.15, 0.2) is 18.3 Å². The fraction of sp³-hybridized carbons (Fsp3) is 0.538. The number of aromatic nitrogens is 1. The van der Waals surface area contributed by atoms with E-state index in [2.05, 4.69) is 17.2 Å². The number of nitrogens with one attached hydrogen (secondary N) is 1. The molecule has 2 amide bonds. The number of carbonyl (C=O) groups excluding carboxylic acids is 1. The second kappa shape index (κ2) is 5.17. The number of likely N-dealkylation sites (tertiary alicyclic amines) is 1. The normalized spacial score (nSPS) is 20.1. The van der Waals surface area contributed by atoms with Crippen LogP contribution < -0.4 is 5.32 Å². The highest BCUT2D eigenvalue weighted by molar-refractivity contribution is 5.88. The Kier molecular flexibility index (Phi) is 3.61. The van der Waals surface area contributed by atoms with Crippen molar-refractivity contribution in [3.05, 3.63) is 23.9 Å². The summed E-state index contributed by atoms with van der Waals surface area (Å²) >= 11 is 0. The molecule has 1 aromatic heterocycles. The van der Waals surface area contributed by atoms with Crippen molar-refractivity contribution in [3.63, 3.8) is 0 Å². The van der Waals surface area contributed by atoms with Crippen LogP contribution >= 0.6 is 0 Å². The van der Waals surface area contributed by atoms with Crippen molar-refractivity contribution in [3.8, 4) is 0 Å². The number of anilines is 1. The molecule has 1 aliphatic rings.